The highest BCUT2D eigenvalue weighted by atomic mass is 16.4. The first kappa shape index (κ1) is 25.0. The monoisotopic (exact) mass is 434 g/mol. The van der Waals surface area contributed by atoms with Crippen LogP contribution in [0.3, 0.4) is 0 Å². The van der Waals surface area contributed by atoms with E-state index < -0.39 is 22.8 Å². The number of carboxylic acids is 2. The average molecular weight is 435 g/mol. The second-order valence-electron chi connectivity index (χ2n) is 9.85. The lowest BCUT2D eigenvalue weighted by Gasteiger charge is -2.18. The summed E-state index contributed by atoms with van der Waals surface area (Å²) in [5, 5.41) is 38.6. The Bertz CT molecular complexity index is 764. The van der Waals surface area contributed by atoms with Crippen molar-refractivity contribution in [2.75, 3.05) is 0 Å². The Labute approximate surface area is 185 Å². The van der Waals surface area contributed by atoms with Crippen molar-refractivity contribution in [1.29, 1.82) is 0 Å². The Morgan fingerprint density at radius 3 is 2.13 bits per heavy atom. The number of unbranched alkanes of at least 4 members (excludes halogenated alkanes) is 5. The third-order valence-corrected chi connectivity index (χ3v) is 6.77. The molecule has 6 nitrogen and oxygen atoms in total. The van der Waals surface area contributed by atoms with Gasteiger partial charge in [0.05, 0.1) is 10.8 Å². The molecular weight excluding hydrogens is 396 g/mol. The molecule has 0 radical (unpaired) electrons. The van der Waals surface area contributed by atoms with Gasteiger partial charge in [-0.25, -0.2) is 0 Å². The Hall–Kier alpha value is -2.24. The molecule has 6 heteroatoms. The summed E-state index contributed by atoms with van der Waals surface area (Å²) in [7, 11) is 0. The van der Waals surface area contributed by atoms with Crippen LogP contribution in [0, 0.1) is 10.8 Å². The molecule has 0 saturated heterocycles. The van der Waals surface area contributed by atoms with E-state index in [1.165, 1.54) is 6.07 Å². The number of carbonyl (C=O) groups is 2. The molecule has 1 fully saturated rings. The molecule has 0 atom stereocenters. The Morgan fingerprint density at radius 1 is 0.903 bits per heavy atom. The minimum Gasteiger partial charge on any atom is -0.508 e. The molecule has 0 amide bonds. The molecule has 0 spiro atoms. The van der Waals surface area contributed by atoms with Gasteiger partial charge in [0.15, 0.2) is 0 Å². The lowest BCUT2D eigenvalue weighted by Crippen LogP contribution is -2.23. The summed E-state index contributed by atoms with van der Waals surface area (Å²) >= 11 is 0. The molecule has 0 unspecified atom stereocenters. The van der Waals surface area contributed by atoms with E-state index >= 15 is 0 Å². The van der Waals surface area contributed by atoms with Crippen LogP contribution in [0.25, 0.3) is 0 Å². The van der Waals surface area contributed by atoms with E-state index in [4.69, 9.17) is 0 Å². The van der Waals surface area contributed by atoms with E-state index in [0.29, 0.717) is 12.8 Å². The standard InChI is InChI=1S/C25H38O6/c1-24(2,22(28)29)12-8-4-3-6-10-18-16-19(26)17-21(27)20(18)11-7-5-9-13-25(14-15-25)23(30)31/h16-17,26-27H,3-15H2,1-2H3,(H,28,29)(H,30,31). The lowest BCUT2D eigenvalue weighted by atomic mass is 9.87. The van der Waals surface area contributed by atoms with Crippen LogP contribution in [0.2, 0.25) is 0 Å². The summed E-state index contributed by atoms with van der Waals surface area (Å²) in [5.74, 6) is -1.24. The van der Waals surface area contributed by atoms with Crippen LogP contribution in [-0.2, 0) is 22.4 Å². The minimum absolute atomic E-state index is 0.0663. The first-order chi connectivity index (χ1) is 14.6. The van der Waals surface area contributed by atoms with Crippen molar-refractivity contribution in [2.24, 2.45) is 10.8 Å². The predicted octanol–water partition coefficient (Wildman–Crippen LogP) is 5.67. The van der Waals surface area contributed by atoms with Gasteiger partial charge in [-0.2, -0.15) is 0 Å². The highest BCUT2D eigenvalue weighted by Crippen LogP contribution is 2.50. The Kier molecular flexibility index (Phi) is 8.78. The normalized spacial score (nSPS) is 15.0. The van der Waals surface area contributed by atoms with Gasteiger partial charge in [0.2, 0.25) is 0 Å². The maximum atomic E-state index is 11.3. The van der Waals surface area contributed by atoms with Crippen molar-refractivity contribution in [3.63, 3.8) is 0 Å². The summed E-state index contributed by atoms with van der Waals surface area (Å²) in [6.45, 7) is 3.51. The van der Waals surface area contributed by atoms with Gasteiger partial charge < -0.3 is 20.4 Å². The summed E-state index contributed by atoms with van der Waals surface area (Å²) in [6.07, 6.45) is 10.9. The third-order valence-electron chi connectivity index (χ3n) is 6.77. The third kappa shape index (κ3) is 7.44. The highest BCUT2D eigenvalue weighted by Gasteiger charge is 2.49. The van der Waals surface area contributed by atoms with E-state index in [1.54, 1.807) is 19.9 Å². The second kappa shape index (κ2) is 10.9. The molecule has 0 heterocycles. The van der Waals surface area contributed by atoms with E-state index in [-0.39, 0.29) is 11.5 Å². The number of aryl methyl sites for hydroxylation is 1. The van der Waals surface area contributed by atoms with Crippen LogP contribution in [0.5, 0.6) is 11.5 Å². The largest absolute Gasteiger partial charge is 0.508 e. The fraction of sp³-hybridized carbons (Fsp3) is 0.680. The van der Waals surface area contributed by atoms with Crippen molar-refractivity contribution in [1.82, 2.24) is 0 Å². The number of benzene rings is 1. The fourth-order valence-corrected chi connectivity index (χ4v) is 4.22. The van der Waals surface area contributed by atoms with Gasteiger partial charge in [-0.1, -0.05) is 32.1 Å². The fourth-order valence-electron chi connectivity index (χ4n) is 4.22. The van der Waals surface area contributed by atoms with Gasteiger partial charge in [0, 0.05) is 6.07 Å². The summed E-state index contributed by atoms with van der Waals surface area (Å²) in [6, 6.07) is 3.11. The van der Waals surface area contributed by atoms with Gasteiger partial charge >= 0.3 is 11.9 Å². The highest BCUT2D eigenvalue weighted by molar-refractivity contribution is 5.77. The van der Waals surface area contributed by atoms with Crippen LogP contribution >= 0.6 is 0 Å². The Morgan fingerprint density at radius 2 is 1.52 bits per heavy atom. The van der Waals surface area contributed by atoms with Gasteiger partial charge in [-0.3, -0.25) is 9.59 Å². The number of hydrogen-bond donors (Lipinski definition) is 4. The van der Waals surface area contributed by atoms with Gasteiger partial charge in [-0.15, -0.1) is 0 Å². The number of rotatable bonds is 15. The predicted molar refractivity (Wildman–Crippen MR) is 119 cm³/mol. The number of phenolic OH excluding ortho intramolecular Hbond substituents is 2. The van der Waals surface area contributed by atoms with Gasteiger partial charge in [-0.05, 0) is 82.4 Å². The maximum Gasteiger partial charge on any atom is 0.309 e. The molecule has 174 valence electrons. The van der Waals surface area contributed by atoms with E-state index in [1.807, 2.05) is 0 Å². The van der Waals surface area contributed by atoms with Crippen LogP contribution in [0.4, 0.5) is 0 Å². The number of hydrogen-bond acceptors (Lipinski definition) is 4. The zero-order valence-corrected chi connectivity index (χ0v) is 19.0. The maximum absolute atomic E-state index is 11.3. The number of aliphatic carboxylic acids is 2. The topological polar surface area (TPSA) is 115 Å². The van der Waals surface area contributed by atoms with Crippen molar-refractivity contribution in [3.8, 4) is 11.5 Å². The van der Waals surface area contributed by atoms with E-state index in [9.17, 15) is 30.0 Å². The van der Waals surface area contributed by atoms with Crippen molar-refractivity contribution in [2.45, 2.75) is 97.3 Å². The zero-order chi connectivity index (χ0) is 23.1. The molecule has 1 aromatic rings. The number of carboxylic acid groups (broad SMARTS) is 2. The number of phenols is 2. The second-order valence-corrected chi connectivity index (χ2v) is 9.85. The molecule has 1 aromatic carbocycles. The molecule has 0 aromatic heterocycles. The molecule has 1 aliphatic rings. The molecule has 2 rings (SSSR count). The van der Waals surface area contributed by atoms with Crippen molar-refractivity contribution < 1.29 is 30.0 Å². The summed E-state index contributed by atoms with van der Waals surface area (Å²) in [5.41, 5.74) is 0.691. The SMILES string of the molecule is CC(C)(CCCCCCc1cc(O)cc(O)c1CCCCCC1(C(=O)O)CC1)C(=O)O. The van der Waals surface area contributed by atoms with E-state index in [2.05, 4.69) is 0 Å². The number of aromatic hydroxyl groups is 2. The first-order valence-corrected chi connectivity index (χ1v) is 11.6. The summed E-state index contributed by atoms with van der Waals surface area (Å²) < 4.78 is 0. The smallest absolute Gasteiger partial charge is 0.309 e. The van der Waals surface area contributed by atoms with Crippen LogP contribution in [0.1, 0.15) is 95.6 Å². The average Bonchev–Trinajstić information content (AvgIpc) is 3.47. The lowest BCUT2D eigenvalue weighted by molar-refractivity contribution is -0.147. The molecule has 0 bridgehead atoms. The molecule has 4 N–H and O–H groups in total. The minimum atomic E-state index is -0.761. The molecule has 1 saturated carbocycles. The van der Waals surface area contributed by atoms with Crippen molar-refractivity contribution >= 4 is 11.9 Å². The molecule has 31 heavy (non-hydrogen) atoms. The van der Waals surface area contributed by atoms with Crippen LogP contribution < -0.4 is 0 Å². The molecule has 1 aliphatic carbocycles. The molecule has 0 aliphatic heterocycles. The van der Waals surface area contributed by atoms with Gasteiger partial charge in [0.1, 0.15) is 11.5 Å². The first-order valence-electron chi connectivity index (χ1n) is 11.6. The summed E-state index contributed by atoms with van der Waals surface area (Å²) in [4.78, 5) is 22.4. The van der Waals surface area contributed by atoms with Crippen LogP contribution in [0.15, 0.2) is 12.1 Å². The quantitative estimate of drug-likeness (QED) is 0.264. The molecular formula is C25H38O6. The Balaban J connectivity index is 1.76. The van der Waals surface area contributed by atoms with Gasteiger partial charge in [0.25, 0.3) is 0 Å². The van der Waals surface area contributed by atoms with Crippen LogP contribution in [-0.4, -0.2) is 32.4 Å². The van der Waals surface area contributed by atoms with Crippen molar-refractivity contribution in [3.05, 3.63) is 23.3 Å². The van der Waals surface area contributed by atoms with E-state index in [0.717, 1.165) is 81.8 Å². The zero-order valence-electron chi connectivity index (χ0n) is 19.0.